The van der Waals surface area contributed by atoms with E-state index in [1.54, 1.807) is 7.11 Å². The Morgan fingerprint density at radius 3 is 1.55 bits per heavy atom. The van der Waals surface area contributed by atoms with Gasteiger partial charge in [0.05, 0.1) is 7.11 Å². The third-order valence-corrected chi connectivity index (χ3v) is 9.07. The zero-order chi connectivity index (χ0) is 30.5. The first kappa shape index (κ1) is 28.3. The van der Waals surface area contributed by atoms with E-state index in [4.69, 9.17) is 16.3 Å². The summed E-state index contributed by atoms with van der Waals surface area (Å²) in [7, 11) is 1.71. The molecule has 0 spiro atoms. The highest BCUT2D eigenvalue weighted by molar-refractivity contribution is 6.97. The molecular formula is C41H34BClO. The molecule has 0 radical (unpaired) electrons. The number of aryl methyl sites for hydroxylation is 4. The highest BCUT2D eigenvalue weighted by atomic mass is 35.5. The van der Waals surface area contributed by atoms with Crippen LogP contribution in [-0.2, 0) is 0 Å². The SMILES string of the molecule is COc1cc(Cl)ccc1-c1cc2c3ccccc3c(B(c3cc(C)cc(C)c3)c3cc(C)cc(C)c3)cc2c2ccccc12. The summed E-state index contributed by atoms with van der Waals surface area (Å²) in [6.07, 6.45) is 0. The van der Waals surface area contributed by atoms with Crippen molar-refractivity contribution >= 4 is 67.0 Å². The molecule has 0 saturated carbocycles. The number of ether oxygens (including phenoxy) is 1. The highest BCUT2D eigenvalue weighted by Crippen LogP contribution is 2.41. The van der Waals surface area contributed by atoms with Gasteiger partial charge < -0.3 is 4.74 Å². The molecule has 0 aliphatic rings. The van der Waals surface area contributed by atoms with Crippen molar-refractivity contribution in [3.63, 3.8) is 0 Å². The van der Waals surface area contributed by atoms with Crippen molar-refractivity contribution in [1.29, 1.82) is 0 Å². The van der Waals surface area contributed by atoms with Crippen LogP contribution in [-0.4, -0.2) is 13.8 Å². The van der Waals surface area contributed by atoms with Gasteiger partial charge in [-0.05, 0) is 89.8 Å². The summed E-state index contributed by atoms with van der Waals surface area (Å²) in [5.41, 5.74) is 11.3. The summed E-state index contributed by atoms with van der Waals surface area (Å²) in [5.74, 6) is 0.771. The molecular weight excluding hydrogens is 555 g/mol. The van der Waals surface area contributed by atoms with Crippen molar-refractivity contribution in [3.05, 3.63) is 143 Å². The van der Waals surface area contributed by atoms with Gasteiger partial charge in [-0.1, -0.05) is 141 Å². The topological polar surface area (TPSA) is 9.23 Å². The average Bonchev–Trinajstić information content (AvgIpc) is 3.00. The zero-order valence-corrected chi connectivity index (χ0v) is 26.6. The Balaban J connectivity index is 1.62. The van der Waals surface area contributed by atoms with Gasteiger partial charge in [0.2, 0.25) is 6.71 Å². The fourth-order valence-corrected chi connectivity index (χ4v) is 7.40. The van der Waals surface area contributed by atoms with E-state index in [1.165, 1.54) is 71.0 Å². The molecule has 0 unspecified atom stereocenters. The van der Waals surface area contributed by atoms with Gasteiger partial charge in [-0.3, -0.25) is 0 Å². The lowest BCUT2D eigenvalue weighted by Crippen LogP contribution is -2.52. The summed E-state index contributed by atoms with van der Waals surface area (Å²) in [4.78, 5) is 0. The van der Waals surface area contributed by atoms with Gasteiger partial charge in [-0.15, -0.1) is 0 Å². The Labute approximate surface area is 265 Å². The third kappa shape index (κ3) is 4.94. The molecule has 0 aromatic heterocycles. The lowest BCUT2D eigenvalue weighted by atomic mass is 9.36. The lowest BCUT2D eigenvalue weighted by Gasteiger charge is -2.22. The standard InChI is InChI=1S/C41H34BClO/c1-25-16-26(2)19-29(18-25)42(30-20-27(3)17-28(4)21-30)40-24-39-33-11-7-6-10-32(33)37(36-15-14-31(43)22-41(36)44-5)23-38(39)34-12-8-9-13-35(34)40/h6-24H,1-5H3. The van der Waals surface area contributed by atoms with Gasteiger partial charge in [0.1, 0.15) is 5.75 Å². The van der Waals surface area contributed by atoms with Gasteiger partial charge in [0.15, 0.2) is 0 Å². The first-order valence-corrected chi connectivity index (χ1v) is 15.6. The molecule has 0 N–H and O–H groups in total. The minimum atomic E-state index is 0.0799. The number of rotatable bonds is 5. The minimum absolute atomic E-state index is 0.0799. The quantitative estimate of drug-likeness (QED) is 0.144. The molecule has 0 heterocycles. The van der Waals surface area contributed by atoms with E-state index in [-0.39, 0.29) is 6.71 Å². The normalized spacial score (nSPS) is 11.4. The maximum absolute atomic E-state index is 6.38. The number of hydrogen-bond donors (Lipinski definition) is 0. The Bertz CT molecular complexity index is 2140. The lowest BCUT2D eigenvalue weighted by molar-refractivity contribution is 0.416. The minimum Gasteiger partial charge on any atom is -0.496 e. The smallest absolute Gasteiger partial charge is 0.242 e. The molecule has 0 aliphatic carbocycles. The Hall–Kier alpha value is -4.53. The van der Waals surface area contributed by atoms with Crippen LogP contribution >= 0.6 is 11.6 Å². The second-order valence-corrected chi connectivity index (χ2v) is 12.6. The molecule has 0 atom stereocenters. The number of hydrogen-bond acceptors (Lipinski definition) is 1. The number of methoxy groups -OCH3 is 1. The van der Waals surface area contributed by atoms with E-state index in [2.05, 4.69) is 131 Å². The van der Waals surface area contributed by atoms with Crippen molar-refractivity contribution in [1.82, 2.24) is 0 Å². The molecule has 0 fully saturated rings. The van der Waals surface area contributed by atoms with Gasteiger partial charge in [0.25, 0.3) is 0 Å². The van der Waals surface area contributed by atoms with E-state index >= 15 is 0 Å². The molecule has 7 aromatic rings. The molecule has 3 heteroatoms. The Kier molecular flexibility index (Phi) is 7.19. The summed E-state index contributed by atoms with van der Waals surface area (Å²) in [5, 5.41) is 8.08. The zero-order valence-electron chi connectivity index (χ0n) is 25.8. The Morgan fingerprint density at radius 2 is 0.977 bits per heavy atom. The van der Waals surface area contributed by atoms with E-state index < -0.39 is 0 Å². The number of halogens is 1. The fourth-order valence-electron chi connectivity index (χ4n) is 7.23. The second kappa shape index (κ2) is 11.2. The van der Waals surface area contributed by atoms with Crippen LogP contribution in [0, 0.1) is 27.7 Å². The van der Waals surface area contributed by atoms with Crippen molar-refractivity contribution in [3.8, 4) is 16.9 Å². The summed E-state index contributed by atoms with van der Waals surface area (Å²) < 4.78 is 5.83. The van der Waals surface area contributed by atoms with E-state index in [0.29, 0.717) is 5.02 Å². The largest absolute Gasteiger partial charge is 0.496 e. The molecule has 0 amide bonds. The van der Waals surface area contributed by atoms with Gasteiger partial charge >= 0.3 is 0 Å². The second-order valence-electron chi connectivity index (χ2n) is 12.2. The first-order chi connectivity index (χ1) is 21.3. The molecule has 214 valence electrons. The van der Waals surface area contributed by atoms with Crippen molar-refractivity contribution in [2.45, 2.75) is 27.7 Å². The maximum atomic E-state index is 6.38. The van der Waals surface area contributed by atoms with Crippen LogP contribution in [0.3, 0.4) is 0 Å². The Morgan fingerprint density at radius 1 is 0.477 bits per heavy atom. The average molecular weight is 589 g/mol. The molecule has 7 rings (SSSR count). The van der Waals surface area contributed by atoms with Crippen molar-refractivity contribution in [2.24, 2.45) is 0 Å². The van der Waals surface area contributed by atoms with Gasteiger partial charge in [0, 0.05) is 10.6 Å². The molecule has 7 aromatic carbocycles. The van der Waals surface area contributed by atoms with E-state index in [1.807, 2.05) is 12.1 Å². The molecule has 0 aliphatic heterocycles. The summed E-state index contributed by atoms with van der Waals surface area (Å²) in [6.45, 7) is 8.89. The van der Waals surface area contributed by atoms with Crippen LogP contribution in [0.2, 0.25) is 5.02 Å². The van der Waals surface area contributed by atoms with Crippen molar-refractivity contribution < 1.29 is 4.74 Å². The summed E-state index contributed by atoms with van der Waals surface area (Å²) >= 11 is 6.38. The monoisotopic (exact) mass is 588 g/mol. The number of fused-ring (bicyclic) bond motifs is 5. The molecule has 1 nitrogen and oxygen atoms in total. The summed E-state index contributed by atoms with van der Waals surface area (Å²) in [6, 6.07) is 42.3. The fraction of sp³-hybridized carbons (Fsp3) is 0.122. The number of benzene rings is 7. The predicted molar refractivity (Wildman–Crippen MR) is 192 cm³/mol. The molecule has 0 bridgehead atoms. The van der Waals surface area contributed by atoms with Crippen LogP contribution < -0.4 is 21.1 Å². The van der Waals surface area contributed by atoms with Crippen LogP contribution in [0.1, 0.15) is 22.3 Å². The first-order valence-electron chi connectivity index (χ1n) is 15.2. The van der Waals surface area contributed by atoms with Crippen LogP contribution in [0.15, 0.2) is 115 Å². The van der Waals surface area contributed by atoms with Gasteiger partial charge in [-0.25, -0.2) is 0 Å². The molecule has 44 heavy (non-hydrogen) atoms. The van der Waals surface area contributed by atoms with Crippen LogP contribution in [0.25, 0.3) is 43.4 Å². The highest BCUT2D eigenvalue weighted by Gasteiger charge is 2.26. The maximum Gasteiger partial charge on any atom is 0.242 e. The predicted octanol–water partition coefficient (Wildman–Crippen LogP) is 9.23. The third-order valence-electron chi connectivity index (χ3n) is 8.83. The molecule has 0 saturated heterocycles. The van der Waals surface area contributed by atoms with Crippen LogP contribution in [0.4, 0.5) is 0 Å². The van der Waals surface area contributed by atoms with Crippen molar-refractivity contribution in [2.75, 3.05) is 7.11 Å². The van der Waals surface area contributed by atoms with E-state index in [0.717, 1.165) is 16.9 Å². The van der Waals surface area contributed by atoms with E-state index in [9.17, 15) is 0 Å². The van der Waals surface area contributed by atoms with Gasteiger partial charge in [-0.2, -0.15) is 0 Å². The van der Waals surface area contributed by atoms with Crippen LogP contribution in [0.5, 0.6) is 5.75 Å².